The largest absolute Gasteiger partial charge is 4.00 e. The van der Waals surface area contributed by atoms with E-state index in [1.807, 2.05) is 9.80 Å². The molecular formula is C35H74N6Si6Th. The van der Waals surface area contributed by atoms with Gasteiger partial charge in [-0.15, -0.1) is 0 Å². The molecule has 0 atom stereocenters. The van der Waals surface area contributed by atoms with E-state index in [4.69, 9.17) is 13.9 Å². The number of rotatable bonds is 8. The minimum absolute atomic E-state index is 0. The first-order chi connectivity index (χ1) is 20.6. The van der Waals surface area contributed by atoms with Crippen LogP contribution >= 0.6 is 0 Å². The second kappa shape index (κ2) is 19.5. The fraction of sp³-hybridized carbons (Fsp3) is 0.686. The zero-order valence-corrected chi connectivity index (χ0v) is 45.4. The van der Waals surface area contributed by atoms with Gasteiger partial charge in [-0.25, -0.2) is 0 Å². The Morgan fingerprint density at radius 3 is 0.854 bits per heavy atom. The average molecular weight is 980 g/mol. The van der Waals surface area contributed by atoms with Crippen LogP contribution in [0, 0.1) is 39.9 Å². The van der Waals surface area contributed by atoms with E-state index in [0.717, 1.165) is 11.4 Å². The van der Waals surface area contributed by atoms with Crippen LogP contribution in [0.5, 0.6) is 0 Å². The Morgan fingerprint density at radius 2 is 0.688 bits per heavy atom. The smallest absolute Gasteiger partial charge is 0.668 e. The van der Waals surface area contributed by atoms with Gasteiger partial charge in [0.2, 0.25) is 0 Å². The average Bonchev–Trinajstić information content (AvgIpc) is 2.72. The van der Waals surface area contributed by atoms with Gasteiger partial charge < -0.3 is 29.2 Å². The SMILES string of the molecule is CC(C)N1C(=[N-])N(C(C)C)c2cccc3cccc1c23.C[Si](C)(C)[N-][Si](C)(C)C.C[Si](C)(C)[N-][Si](C)(C)C.C[Si](C)(C)[N-][Si](C)(C)C.[Th+4]. The molecule has 1 aliphatic heterocycles. The predicted octanol–water partition coefficient (Wildman–Crippen LogP) is 13.3. The van der Waals surface area contributed by atoms with Crippen LogP contribution in [0.2, 0.25) is 118 Å². The molecule has 0 amide bonds. The number of nitrogens with zero attached hydrogens (tertiary/aromatic N) is 6. The molecule has 0 saturated heterocycles. The van der Waals surface area contributed by atoms with Gasteiger partial charge in [0, 0.05) is 11.3 Å². The van der Waals surface area contributed by atoms with Crippen molar-refractivity contribution >= 4 is 77.5 Å². The molecule has 0 saturated carbocycles. The van der Waals surface area contributed by atoms with Crippen molar-refractivity contribution in [1.82, 2.24) is 0 Å². The maximum absolute atomic E-state index is 10.7. The molecule has 1 heterocycles. The fourth-order valence-electron chi connectivity index (χ4n) is 6.07. The Kier molecular flexibility index (Phi) is 20.6. The number of guanidine groups is 1. The van der Waals surface area contributed by atoms with Crippen LogP contribution < -0.4 is 9.80 Å². The predicted molar refractivity (Wildman–Crippen MR) is 238 cm³/mol. The topological polar surface area (TPSA) is 71.1 Å². The van der Waals surface area contributed by atoms with E-state index in [2.05, 4.69) is 182 Å². The summed E-state index contributed by atoms with van der Waals surface area (Å²) in [5.41, 5.74) is 2.17. The summed E-state index contributed by atoms with van der Waals surface area (Å²) in [4.78, 5) is 4.02. The van der Waals surface area contributed by atoms with Crippen molar-refractivity contribution in [3.63, 3.8) is 0 Å². The molecule has 3 rings (SSSR count). The molecule has 0 radical (unpaired) electrons. The minimum atomic E-state index is -1.11. The third-order valence-electron chi connectivity index (χ3n) is 5.86. The van der Waals surface area contributed by atoms with Gasteiger partial charge in [-0.2, -0.15) is 0 Å². The molecule has 0 bridgehead atoms. The van der Waals surface area contributed by atoms with Crippen molar-refractivity contribution in [2.45, 2.75) is 158 Å². The zero-order chi connectivity index (χ0) is 37.6. The molecule has 48 heavy (non-hydrogen) atoms. The van der Waals surface area contributed by atoms with E-state index >= 15 is 0 Å². The summed E-state index contributed by atoms with van der Waals surface area (Å²) in [7, 11) is -6.64. The molecule has 0 unspecified atom stereocenters. The number of hydrogen-bond acceptors (Lipinski definition) is 0. The molecule has 0 fully saturated rings. The van der Waals surface area contributed by atoms with Crippen molar-refractivity contribution in [3.8, 4) is 0 Å². The van der Waals surface area contributed by atoms with Gasteiger partial charge >= 0.3 is 39.9 Å². The Labute approximate surface area is 337 Å². The van der Waals surface area contributed by atoms with Crippen molar-refractivity contribution < 1.29 is 39.9 Å². The molecule has 0 spiro atoms. The van der Waals surface area contributed by atoms with Crippen LogP contribution in [0.4, 0.5) is 11.4 Å². The molecule has 2 aromatic carbocycles. The summed E-state index contributed by atoms with van der Waals surface area (Å²) in [6.07, 6.45) is 0. The van der Waals surface area contributed by atoms with Crippen molar-refractivity contribution in [3.05, 3.63) is 55.8 Å². The van der Waals surface area contributed by atoms with Crippen LogP contribution in [0.3, 0.4) is 0 Å². The third-order valence-corrected chi connectivity index (χ3v) is 22.0. The van der Waals surface area contributed by atoms with Crippen molar-refractivity contribution in [2.24, 2.45) is 0 Å². The van der Waals surface area contributed by atoms with Gasteiger partial charge in [-0.3, -0.25) is 0 Å². The summed E-state index contributed by atoms with van der Waals surface area (Å²) in [6, 6.07) is 12.9. The standard InChI is InChI=1S/C17H20N3.3C6H18NSi2.Th/c1-11(2)19-14-9-5-7-13-8-6-10-15(16(13)14)20(12(3)4)17(19)18;3*1-8(2,3)7-9(4,5)6;/h5-12H,1-4H3;3*1-6H3;/q4*-1;+4. The van der Waals surface area contributed by atoms with E-state index in [9.17, 15) is 5.41 Å². The molecule has 0 aromatic heterocycles. The van der Waals surface area contributed by atoms with Crippen LogP contribution in [0.25, 0.3) is 30.1 Å². The molecule has 0 aliphatic carbocycles. The van der Waals surface area contributed by atoms with Gasteiger partial charge in [0.1, 0.15) is 0 Å². The van der Waals surface area contributed by atoms with E-state index in [1.165, 1.54) is 10.8 Å². The maximum atomic E-state index is 10.7. The Morgan fingerprint density at radius 1 is 0.458 bits per heavy atom. The Bertz CT molecular complexity index is 1110. The normalized spacial score (nSPS) is 14.0. The molecule has 13 heteroatoms. The summed E-state index contributed by atoms with van der Waals surface area (Å²) in [5.74, 6) is 0.321. The van der Waals surface area contributed by atoms with E-state index in [-0.39, 0.29) is 52.0 Å². The van der Waals surface area contributed by atoms with Crippen LogP contribution in [-0.2, 0) is 0 Å². The molecular weight excluding hydrogens is 905 g/mol. The van der Waals surface area contributed by atoms with E-state index < -0.39 is 49.4 Å². The maximum Gasteiger partial charge on any atom is 4.00 e. The number of benzene rings is 2. The van der Waals surface area contributed by atoms with Gasteiger partial charge in [0.15, 0.2) is 0 Å². The Hall–Kier alpha value is 0.476. The molecule has 1 aliphatic rings. The fourth-order valence-corrected chi connectivity index (χ4v) is 30.2. The first-order valence-corrected chi connectivity index (χ1v) is 38.2. The summed E-state index contributed by atoms with van der Waals surface area (Å²) in [6.45, 7) is 49.7. The molecule has 272 valence electrons. The van der Waals surface area contributed by atoms with Gasteiger partial charge in [-0.05, 0) is 28.8 Å². The molecule has 2 aromatic rings. The van der Waals surface area contributed by atoms with Gasteiger partial charge in [0.25, 0.3) is 0 Å². The first-order valence-electron chi connectivity index (χ1n) is 17.5. The van der Waals surface area contributed by atoms with E-state index in [0.29, 0.717) is 5.96 Å². The second-order valence-electron chi connectivity index (χ2n) is 19.2. The number of anilines is 2. The van der Waals surface area contributed by atoms with Gasteiger partial charge in [-0.1, -0.05) is 231 Å². The van der Waals surface area contributed by atoms with Crippen molar-refractivity contribution in [2.75, 3.05) is 9.80 Å². The van der Waals surface area contributed by atoms with Crippen LogP contribution in [-0.4, -0.2) is 67.5 Å². The summed E-state index contributed by atoms with van der Waals surface area (Å²) >= 11 is 0. The third kappa shape index (κ3) is 21.8. The quantitative estimate of drug-likeness (QED) is 0.247. The summed E-state index contributed by atoms with van der Waals surface area (Å²) < 4.78 is 14.5. The Balaban J connectivity index is 0. The van der Waals surface area contributed by atoms with Gasteiger partial charge in [0.05, 0.1) is 0 Å². The minimum Gasteiger partial charge on any atom is -0.668 e. The van der Waals surface area contributed by atoms with E-state index in [1.54, 1.807) is 0 Å². The summed E-state index contributed by atoms with van der Waals surface area (Å²) in [5, 5.41) is 13.2. The zero-order valence-electron chi connectivity index (χ0n) is 35.3. The van der Waals surface area contributed by atoms with Crippen molar-refractivity contribution in [1.29, 1.82) is 0 Å². The van der Waals surface area contributed by atoms with Crippen LogP contribution in [0.1, 0.15) is 27.7 Å². The first kappa shape index (κ1) is 50.6. The van der Waals surface area contributed by atoms with Crippen LogP contribution in [0.15, 0.2) is 36.4 Å². The second-order valence-corrected chi connectivity index (χ2v) is 48.0. The molecule has 0 N–H and O–H groups in total. The molecule has 6 nitrogen and oxygen atoms in total. The number of hydrogen-bond donors (Lipinski definition) is 0. The monoisotopic (exact) mass is 978 g/mol.